The lowest BCUT2D eigenvalue weighted by atomic mass is 9.66. The molecule has 0 aromatic heterocycles. The number of nitrogens with zero attached hydrogens (tertiary/aromatic N) is 1. The summed E-state index contributed by atoms with van der Waals surface area (Å²) in [5.74, 6) is -2.17. The summed E-state index contributed by atoms with van der Waals surface area (Å²) in [7, 11) is 1.54. The van der Waals surface area contributed by atoms with Crippen molar-refractivity contribution in [1.82, 2.24) is 15.5 Å². The van der Waals surface area contributed by atoms with Gasteiger partial charge in [-0.1, -0.05) is 0 Å². The van der Waals surface area contributed by atoms with Gasteiger partial charge in [-0.2, -0.15) is 0 Å². The number of ether oxygens (including phenoxy) is 1. The number of rotatable bonds is 4. The van der Waals surface area contributed by atoms with Gasteiger partial charge in [-0.3, -0.25) is 14.4 Å². The predicted octanol–water partition coefficient (Wildman–Crippen LogP) is -0.596. The Morgan fingerprint density at radius 1 is 1.31 bits per heavy atom. The standard InChI is InChI=1S/C18H29N3O5/c1-16(2,3)20-14(24)12-18-7-6-17(4,26-18)10(13(23)19-5)11(18)15(25)21(12)8-9-22/h10-12,22H,6-9H2,1-5H3,(H,19,23)(H,20,24)/t10-,11+,12?,17+,18?/m1/s1. The average Bonchev–Trinajstić information content (AvgIpc) is 3.07. The van der Waals surface area contributed by atoms with Crippen LogP contribution in [0.3, 0.4) is 0 Å². The summed E-state index contributed by atoms with van der Waals surface area (Å²) in [6.45, 7) is 7.25. The van der Waals surface area contributed by atoms with Crippen LogP contribution in [0.15, 0.2) is 0 Å². The Kier molecular flexibility index (Phi) is 4.35. The Labute approximate surface area is 153 Å². The van der Waals surface area contributed by atoms with Crippen molar-refractivity contribution in [1.29, 1.82) is 0 Å². The van der Waals surface area contributed by atoms with E-state index in [9.17, 15) is 19.5 Å². The number of fused-ring (bicyclic) bond motifs is 1. The molecule has 0 radical (unpaired) electrons. The molecule has 3 N–H and O–H groups in total. The molecule has 0 aromatic rings. The third-order valence-electron chi connectivity index (χ3n) is 5.89. The van der Waals surface area contributed by atoms with Crippen LogP contribution in [0.1, 0.15) is 40.5 Å². The van der Waals surface area contributed by atoms with E-state index in [1.54, 1.807) is 7.05 Å². The van der Waals surface area contributed by atoms with E-state index in [0.29, 0.717) is 12.8 Å². The molecule has 2 bridgehead atoms. The Balaban J connectivity index is 2.05. The SMILES string of the molecule is CNC(=O)[C@H]1[C@H]2C(=O)N(CCO)C(C(=O)NC(C)(C)C)C23CC[C@]1(C)O3. The highest BCUT2D eigenvalue weighted by Gasteiger charge is 2.77. The number of hydrogen-bond acceptors (Lipinski definition) is 5. The number of carbonyl (C=O) groups is 3. The minimum Gasteiger partial charge on any atom is -0.395 e. The quantitative estimate of drug-likeness (QED) is 0.615. The van der Waals surface area contributed by atoms with Crippen molar-refractivity contribution in [3.8, 4) is 0 Å². The van der Waals surface area contributed by atoms with Gasteiger partial charge in [0.2, 0.25) is 17.7 Å². The molecule has 26 heavy (non-hydrogen) atoms. The van der Waals surface area contributed by atoms with E-state index < -0.39 is 34.6 Å². The zero-order valence-electron chi connectivity index (χ0n) is 16.1. The number of β-amino-alcohol motifs (C(OH)–C–C–N with tert-alkyl or cyclic N) is 1. The van der Waals surface area contributed by atoms with Gasteiger partial charge in [-0.05, 0) is 40.5 Å². The smallest absolute Gasteiger partial charge is 0.246 e. The monoisotopic (exact) mass is 367 g/mol. The highest BCUT2D eigenvalue weighted by Crippen LogP contribution is 2.63. The van der Waals surface area contributed by atoms with Gasteiger partial charge in [0.1, 0.15) is 11.6 Å². The van der Waals surface area contributed by atoms with E-state index in [1.807, 2.05) is 27.7 Å². The topological polar surface area (TPSA) is 108 Å². The van der Waals surface area contributed by atoms with E-state index in [1.165, 1.54) is 4.90 Å². The number of aliphatic hydroxyl groups is 1. The molecule has 0 saturated carbocycles. The lowest BCUT2D eigenvalue weighted by Gasteiger charge is -2.35. The molecule has 2 unspecified atom stereocenters. The molecule has 3 rings (SSSR count). The van der Waals surface area contributed by atoms with E-state index >= 15 is 0 Å². The summed E-state index contributed by atoms with van der Waals surface area (Å²) >= 11 is 0. The van der Waals surface area contributed by atoms with Gasteiger partial charge in [-0.15, -0.1) is 0 Å². The lowest BCUT2D eigenvalue weighted by Crippen LogP contribution is -2.58. The molecule has 0 aliphatic carbocycles. The lowest BCUT2D eigenvalue weighted by molar-refractivity contribution is -0.147. The number of amides is 3. The molecule has 1 spiro atoms. The molecule has 3 fully saturated rings. The fraction of sp³-hybridized carbons (Fsp3) is 0.833. The van der Waals surface area contributed by atoms with Crippen molar-refractivity contribution in [3.63, 3.8) is 0 Å². The Bertz CT molecular complexity index is 645. The summed E-state index contributed by atoms with van der Waals surface area (Å²) in [5.41, 5.74) is -2.25. The maximum absolute atomic E-state index is 13.2. The summed E-state index contributed by atoms with van der Waals surface area (Å²) in [5, 5.41) is 15.0. The molecule has 3 amide bonds. The number of aliphatic hydroxyl groups excluding tert-OH is 1. The largest absolute Gasteiger partial charge is 0.395 e. The van der Waals surface area contributed by atoms with Gasteiger partial charge in [0, 0.05) is 19.1 Å². The van der Waals surface area contributed by atoms with E-state index in [0.717, 1.165) is 0 Å². The van der Waals surface area contributed by atoms with Crippen LogP contribution in [-0.4, -0.2) is 70.7 Å². The maximum Gasteiger partial charge on any atom is 0.246 e. The first kappa shape index (κ1) is 19.1. The van der Waals surface area contributed by atoms with Crippen molar-refractivity contribution >= 4 is 17.7 Å². The van der Waals surface area contributed by atoms with Gasteiger partial charge in [0.05, 0.1) is 24.0 Å². The van der Waals surface area contributed by atoms with Crippen molar-refractivity contribution in [3.05, 3.63) is 0 Å². The van der Waals surface area contributed by atoms with Gasteiger partial charge in [0.15, 0.2) is 0 Å². The molecule has 3 heterocycles. The molecule has 0 aromatic carbocycles. The molecule has 3 saturated heterocycles. The van der Waals surface area contributed by atoms with Crippen molar-refractivity contribution in [2.45, 2.75) is 63.3 Å². The first-order valence-electron chi connectivity index (χ1n) is 9.16. The molecular weight excluding hydrogens is 338 g/mol. The third-order valence-corrected chi connectivity index (χ3v) is 5.89. The van der Waals surface area contributed by atoms with Crippen LogP contribution in [0.5, 0.6) is 0 Å². The average molecular weight is 367 g/mol. The number of carbonyl (C=O) groups excluding carboxylic acids is 3. The van der Waals surface area contributed by atoms with E-state index in [-0.39, 0.29) is 30.9 Å². The first-order chi connectivity index (χ1) is 12.0. The Hall–Kier alpha value is -1.67. The van der Waals surface area contributed by atoms with Crippen LogP contribution in [0.4, 0.5) is 0 Å². The van der Waals surface area contributed by atoms with Crippen LogP contribution in [0.2, 0.25) is 0 Å². The normalized spacial score (nSPS) is 38.5. The number of hydrogen-bond donors (Lipinski definition) is 3. The molecule has 5 atom stereocenters. The second kappa shape index (κ2) is 5.92. The summed E-state index contributed by atoms with van der Waals surface area (Å²) in [6, 6.07) is -0.845. The van der Waals surface area contributed by atoms with Crippen molar-refractivity contribution in [2.75, 3.05) is 20.2 Å². The van der Waals surface area contributed by atoms with Crippen molar-refractivity contribution < 1.29 is 24.2 Å². The van der Waals surface area contributed by atoms with E-state index in [2.05, 4.69) is 10.6 Å². The molecular formula is C18H29N3O5. The van der Waals surface area contributed by atoms with Gasteiger partial charge in [0.25, 0.3) is 0 Å². The second-order valence-corrected chi connectivity index (χ2v) is 8.84. The van der Waals surface area contributed by atoms with Gasteiger partial charge < -0.3 is 25.4 Å². The molecule has 3 aliphatic heterocycles. The summed E-state index contributed by atoms with van der Waals surface area (Å²) in [4.78, 5) is 40.2. The highest BCUT2D eigenvalue weighted by atomic mass is 16.5. The highest BCUT2D eigenvalue weighted by molar-refractivity contribution is 5.99. The van der Waals surface area contributed by atoms with Crippen LogP contribution in [-0.2, 0) is 19.1 Å². The number of nitrogens with one attached hydrogen (secondary N) is 2. The Morgan fingerprint density at radius 3 is 2.50 bits per heavy atom. The fourth-order valence-electron chi connectivity index (χ4n) is 5.07. The zero-order valence-corrected chi connectivity index (χ0v) is 16.1. The summed E-state index contributed by atoms with van der Waals surface area (Å²) in [6.07, 6.45) is 1.15. The van der Waals surface area contributed by atoms with Crippen molar-refractivity contribution in [2.24, 2.45) is 11.8 Å². The maximum atomic E-state index is 13.2. The predicted molar refractivity (Wildman–Crippen MR) is 93.0 cm³/mol. The molecule has 8 heteroatoms. The van der Waals surface area contributed by atoms with Crippen LogP contribution >= 0.6 is 0 Å². The van der Waals surface area contributed by atoms with E-state index in [4.69, 9.17) is 4.74 Å². The minimum absolute atomic E-state index is 0.0415. The molecule has 3 aliphatic rings. The van der Waals surface area contributed by atoms with Gasteiger partial charge >= 0.3 is 0 Å². The molecule has 8 nitrogen and oxygen atoms in total. The molecule has 146 valence electrons. The van der Waals surface area contributed by atoms with Crippen LogP contribution < -0.4 is 10.6 Å². The van der Waals surface area contributed by atoms with Crippen LogP contribution in [0.25, 0.3) is 0 Å². The minimum atomic E-state index is -1.02. The fourth-order valence-corrected chi connectivity index (χ4v) is 5.07. The zero-order chi connectivity index (χ0) is 19.5. The number of likely N-dealkylation sites (tertiary alicyclic amines) is 1. The van der Waals surface area contributed by atoms with Gasteiger partial charge in [-0.25, -0.2) is 0 Å². The first-order valence-corrected chi connectivity index (χ1v) is 9.16. The Morgan fingerprint density at radius 2 is 1.96 bits per heavy atom. The third kappa shape index (κ3) is 2.53. The summed E-state index contributed by atoms with van der Waals surface area (Å²) < 4.78 is 6.34. The second-order valence-electron chi connectivity index (χ2n) is 8.84. The van der Waals surface area contributed by atoms with Crippen LogP contribution in [0, 0.1) is 11.8 Å².